The van der Waals surface area contributed by atoms with Gasteiger partial charge in [0.15, 0.2) is 0 Å². The van der Waals surface area contributed by atoms with Gasteiger partial charge in [0.1, 0.15) is 0 Å². The summed E-state index contributed by atoms with van der Waals surface area (Å²) in [7, 11) is 1.67. The predicted octanol–water partition coefficient (Wildman–Crippen LogP) is 1.38. The number of nitrogens with zero attached hydrogens (tertiary/aromatic N) is 5. The van der Waals surface area contributed by atoms with E-state index in [9.17, 15) is 0 Å². The molecule has 0 aliphatic rings. The predicted molar refractivity (Wildman–Crippen MR) is 102 cm³/mol. The van der Waals surface area contributed by atoms with Crippen molar-refractivity contribution in [3.8, 4) is 0 Å². The first-order valence-electron chi connectivity index (χ1n) is 6.63. The van der Waals surface area contributed by atoms with Gasteiger partial charge in [0.05, 0.1) is 17.6 Å². The molecule has 0 atom stereocenters. The first-order valence-corrected chi connectivity index (χ1v) is 7.45. The summed E-state index contributed by atoms with van der Waals surface area (Å²) in [6, 6.07) is 9.62. The van der Waals surface area contributed by atoms with Crippen molar-refractivity contribution in [3.63, 3.8) is 0 Å². The van der Waals surface area contributed by atoms with Crippen LogP contribution in [0.1, 0.15) is 19.4 Å². The van der Waals surface area contributed by atoms with Crippen LogP contribution in [0.3, 0.4) is 0 Å². The van der Waals surface area contributed by atoms with Crippen LogP contribution in [-0.4, -0.2) is 35.0 Å². The van der Waals surface area contributed by atoms with Gasteiger partial charge in [0.25, 0.3) is 0 Å². The summed E-state index contributed by atoms with van der Waals surface area (Å²) in [4.78, 5) is 0. The van der Waals surface area contributed by atoms with Gasteiger partial charge in [-0.3, -0.25) is 5.43 Å². The summed E-state index contributed by atoms with van der Waals surface area (Å²) in [5.74, 6) is 0. The van der Waals surface area contributed by atoms with Gasteiger partial charge in [-0.05, 0) is 24.6 Å². The molecule has 10 heteroatoms. The van der Waals surface area contributed by atoms with Crippen LogP contribution in [0.15, 0.2) is 55.8 Å². The molecule has 0 aliphatic heterocycles. The maximum atomic E-state index is 5.01. The van der Waals surface area contributed by atoms with E-state index < -0.39 is 0 Å². The van der Waals surface area contributed by atoms with Crippen LogP contribution in [-0.2, 0) is 44.7 Å². The normalized spacial score (nSPS) is 13.6. The van der Waals surface area contributed by atoms with Crippen molar-refractivity contribution in [2.45, 2.75) is 13.8 Å². The molecular weight excluding hydrogens is 396 g/mol. The Kier molecular flexibility index (Phi) is 11.7. The molecule has 1 aromatic carbocycles. The Hall–Kier alpha value is -1.77. The van der Waals surface area contributed by atoms with Gasteiger partial charge in [-0.25, -0.2) is 0 Å². The molecule has 0 heterocycles. The van der Waals surface area contributed by atoms with Gasteiger partial charge in [-0.15, -0.1) is 0 Å². The van der Waals surface area contributed by atoms with E-state index in [-0.39, 0.29) is 24.6 Å². The van der Waals surface area contributed by atoms with E-state index in [1.807, 2.05) is 30.3 Å². The molecule has 24 heavy (non-hydrogen) atoms. The van der Waals surface area contributed by atoms with Gasteiger partial charge >= 0.3 is 19.5 Å². The second-order valence-corrected chi connectivity index (χ2v) is 4.99. The zero-order valence-corrected chi connectivity index (χ0v) is 18.3. The molecule has 0 spiro atoms. The molecule has 1 rings (SSSR count). The number of hydrazone groups is 1. The minimum atomic E-state index is 0. The maximum absolute atomic E-state index is 5.01. The molecule has 122 valence electrons. The standard InChI is InChI=1S/C14H19N7S2.Zn/c1-10(17-20-13(22)15-3)11(2)18-21-14(23)19-16-9-12-7-5-4-6-8-12;/h4-9H,1-3H3,(H2,15,20,22)(H2,19,21,23);/q;+2/p-2/b16-9+,17-10+,18-11+;. The molecule has 1 aromatic rings. The summed E-state index contributed by atoms with van der Waals surface area (Å²) in [6.07, 6.45) is 1.64. The molecule has 2 N–H and O–H groups in total. The molecule has 0 amide bonds. The maximum Gasteiger partial charge on any atom is 2.00 e. The van der Waals surface area contributed by atoms with Crippen molar-refractivity contribution in [2.24, 2.45) is 25.5 Å². The Morgan fingerprint density at radius 3 is 2.00 bits per heavy atom. The number of amidine groups is 2. The van der Waals surface area contributed by atoms with Crippen molar-refractivity contribution in [1.29, 1.82) is 0 Å². The molecule has 0 saturated heterocycles. The Balaban J connectivity index is 0.00000529. The number of rotatable bonds is 5. The third-order valence-corrected chi connectivity index (χ3v) is 2.95. The number of hydrogen-bond donors (Lipinski definition) is 2. The molecule has 0 aliphatic carbocycles. The molecule has 0 fully saturated rings. The van der Waals surface area contributed by atoms with Gasteiger partial charge in [-0.2, -0.15) is 25.5 Å². The fourth-order valence-electron chi connectivity index (χ4n) is 1.16. The van der Waals surface area contributed by atoms with Crippen LogP contribution >= 0.6 is 0 Å². The van der Waals surface area contributed by atoms with Crippen LogP contribution in [0.5, 0.6) is 0 Å². The van der Waals surface area contributed by atoms with Crippen LogP contribution in [0.25, 0.3) is 0 Å². The second kappa shape index (κ2) is 12.6. The zero-order valence-electron chi connectivity index (χ0n) is 13.7. The van der Waals surface area contributed by atoms with E-state index in [1.54, 1.807) is 27.1 Å². The fourth-order valence-corrected chi connectivity index (χ4v) is 1.29. The van der Waals surface area contributed by atoms with Crippen molar-refractivity contribution < 1.29 is 19.5 Å². The molecule has 7 nitrogen and oxygen atoms in total. The van der Waals surface area contributed by atoms with E-state index in [0.29, 0.717) is 16.6 Å². The largest absolute Gasteiger partial charge is 2.00 e. The summed E-state index contributed by atoms with van der Waals surface area (Å²) in [5.41, 5.74) is 4.73. The molecule has 0 aromatic heterocycles. The SMILES string of the molecule is CN/C([S-])=N/N=C(C)/C(C)=N/N=C(\[S-])N/N=C/c1ccccc1.[Zn+2]. The fraction of sp³-hybridized carbons (Fsp3) is 0.214. The monoisotopic (exact) mass is 411 g/mol. The summed E-state index contributed by atoms with van der Waals surface area (Å²) in [6.45, 7) is 3.50. The topological polar surface area (TPSA) is 85.9 Å². The third-order valence-electron chi connectivity index (χ3n) is 2.49. The molecule has 0 saturated carbocycles. The molecular formula is C14H17N7S2Zn. The van der Waals surface area contributed by atoms with E-state index in [2.05, 4.69) is 36.2 Å². The van der Waals surface area contributed by atoms with Crippen molar-refractivity contribution >= 4 is 53.2 Å². The number of nitrogens with one attached hydrogen (secondary N) is 2. The minimum Gasteiger partial charge on any atom is -0.741 e. The minimum absolute atomic E-state index is 0. The van der Waals surface area contributed by atoms with E-state index >= 15 is 0 Å². The first-order chi connectivity index (χ1) is 11.0. The Morgan fingerprint density at radius 1 is 0.917 bits per heavy atom. The quantitative estimate of drug-likeness (QED) is 0.251. The Bertz CT molecular complexity index is 654. The van der Waals surface area contributed by atoms with Crippen molar-refractivity contribution in [3.05, 3.63) is 35.9 Å². The smallest absolute Gasteiger partial charge is 0.741 e. The average molecular weight is 413 g/mol. The average Bonchev–Trinajstić information content (AvgIpc) is 2.58. The number of hydrogen-bond acceptors (Lipinski definition) is 7. The summed E-state index contributed by atoms with van der Waals surface area (Å²) < 4.78 is 0. The van der Waals surface area contributed by atoms with Crippen LogP contribution in [0, 0.1) is 0 Å². The van der Waals surface area contributed by atoms with Gasteiger partial charge in [0, 0.05) is 12.2 Å². The van der Waals surface area contributed by atoms with Crippen LogP contribution in [0.4, 0.5) is 0 Å². The van der Waals surface area contributed by atoms with Gasteiger partial charge in [-0.1, -0.05) is 30.3 Å². The summed E-state index contributed by atoms with van der Waals surface area (Å²) in [5, 5.41) is 22.6. The molecule has 0 radical (unpaired) electrons. The van der Waals surface area contributed by atoms with E-state index in [4.69, 9.17) is 25.3 Å². The zero-order chi connectivity index (χ0) is 17.1. The third kappa shape index (κ3) is 9.39. The van der Waals surface area contributed by atoms with Crippen LogP contribution < -0.4 is 10.7 Å². The second-order valence-electron chi connectivity index (χ2n) is 4.21. The van der Waals surface area contributed by atoms with Crippen molar-refractivity contribution in [1.82, 2.24) is 10.7 Å². The van der Waals surface area contributed by atoms with Crippen molar-refractivity contribution in [2.75, 3.05) is 7.05 Å². The van der Waals surface area contributed by atoms with E-state index in [1.165, 1.54) is 0 Å². The summed E-state index contributed by atoms with van der Waals surface area (Å²) >= 11 is 9.87. The van der Waals surface area contributed by atoms with Gasteiger partial charge < -0.3 is 30.6 Å². The van der Waals surface area contributed by atoms with E-state index in [0.717, 1.165) is 5.56 Å². The molecule has 0 bridgehead atoms. The number of benzene rings is 1. The van der Waals surface area contributed by atoms with Gasteiger partial charge in [0.2, 0.25) is 0 Å². The van der Waals surface area contributed by atoms with Crippen LogP contribution in [0.2, 0.25) is 0 Å². The Labute approximate surface area is 165 Å². The molecule has 0 unspecified atom stereocenters. The Morgan fingerprint density at radius 2 is 1.46 bits per heavy atom. The first kappa shape index (κ1) is 22.2.